The molecule has 0 aliphatic carbocycles. The molecule has 0 fully saturated rings. The molecule has 4 nitrogen and oxygen atoms in total. The van der Waals surface area contributed by atoms with Gasteiger partial charge < -0.3 is 5.11 Å². The van der Waals surface area contributed by atoms with Crippen molar-refractivity contribution in [3.05, 3.63) is 47.0 Å². The first-order valence-electron chi connectivity index (χ1n) is 6.24. The van der Waals surface area contributed by atoms with Crippen LogP contribution in [0, 0.1) is 13.8 Å². The highest BCUT2D eigenvalue weighted by Gasteiger charge is 2.16. The minimum absolute atomic E-state index is 0.500. The minimum Gasteiger partial charge on any atom is -0.388 e. The highest BCUT2D eigenvalue weighted by Crippen LogP contribution is 2.24. The van der Waals surface area contributed by atoms with Crippen molar-refractivity contribution >= 4 is 0 Å². The summed E-state index contributed by atoms with van der Waals surface area (Å²) in [4.78, 5) is 4.20. The quantitative estimate of drug-likeness (QED) is 0.898. The Hall–Kier alpha value is -1.68. The molecular formula is C14H19N3O. The minimum atomic E-state index is -0.527. The average molecular weight is 245 g/mol. The number of aliphatic hydroxyl groups is 1. The first kappa shape index (κ1) is 12.8. The number of aliphatic hydroxyl groups excluding tert-OH is 1. The molecule has 1 aromatic carbocycles. The summed E-state index contributed by atoms with van der Waals surface area (Å²) in [6.45, 7) is 6.84. The average Bonchev–Trinajstić information content (AvgIpc) is 2.76. The Kier molecular flexibility index (Phi) is 3.77. The lowest BCUT2D eigenvalue weighted by Crippen LogP contribution is -2.11. The van der Waals surface area contributed by atoms with Crippen LogP contribution in [0.4, 0.5) is 0 Å². The van der Waals surface area contributed by atoms with Crippen molar-refractivity contribution in [3.63, 3.8) is 0 Å². The van der Waals surface area contributed by atoms with E-state index in [0.29, 0.717) is 6.42 Å². The monoisotopic (exact) mass is 245 g/mol. The summed E-state index contributed by atoms with van der Waals surface area (Å²) >= 11 is 0. The molecule has 0 saturated carbocycles. The molecule has 0 bridgehead atoms. The van der Waals surface area contributed by atoms with Crippen LogP contribution in [0.5, 0.6) is 0 Å². The van der Waals surface area contributed by atoms with Gasteiger partial charge in [0.1, 0.15) is 12.2 Å². The number of benzene rings is 1. The number of aryl methyl sites for hydroxylation is 3. The van der Waals surface area contributed by atoms with E-state index in [2.05, 4.69) is 10.1 Å². The summed E-state index contributed by atoms with van der Waals surface area (Å²) in [6, 6.07) is 6.06. The summed E-state index contributed by atoms with van der Waals surface area (Å²) < 4.78 is 1.82. The Morgan fingerprint density at radius 3 is 2.56 bits per heavy atom. The number of hydrogen-bond donors (Lipinski definition) is 1. The number of rotatable bonds is 4. The van der Waals surface area contributed by atoms with Gasteiger partial charge in [-0.05, 0) is 37.5 Å². The van der Waals surface area contributed by atoms with E-state index >= 15 is 0 Å². The van der Waals surface area contributed by atoms with Gasteiger partial charge in [0.2, 0.25) is 0 Å². The standard InChI is InChI=1S/C14H19N3O/c1-4-17-13(15-9-16-17)8-12(18)14-10(2)6-5-7-11(14)3/h5-7,9,12,18H,4,8H2,1-3H3. The van der Waals surface area contributed by atoms with Crippen molar-refractivity contribution in [2.24, 2.45) is 0 Å². The molecule has 2 rings (SSSR count). The van der Waals surface area contributed by atoms with Crippen LogP contribution in [0.3, 0.4) is 0 Å². The number of hydrogen-bond acceptors (Lipinski definition) is 3. The van der Waals surface area contributed by atoms with Crippen LogP contribution in [0.15, 0.2) is 24.5 Å². The number of aromatic nitrogens is 3. The summed E-state index contributed by atoms with van der Waals surface area (Å²) in [7, 11) is 0. The predicted molar refractivity (Wildman–Crippen MR) is 70.3 cm³/mol. The fraction of sp³-hybridized carbons (Fsp3) is 0.429. The van der Waals surface area contributed by atoms with Gasteiger partial charge in [-0.15, -0.1) is 0 Å². The third-order valence-corrected chi connectivity index (χ3v) is 3.25. The maximum atomic E-state index is 10.4. The molecule has 1 aromatic heterocycles. The van der Waals surface area contributed by atoms with Crippen LogP contribution in [0.1, 0.15) is 35.5 Å². The van der Waals surface area contributed by atoms with Crippen molar-refractivity contribution in [1.82, 2.24) is 14.8 Å². The molecule has 0 aliphatic rings. The van der Waals surface area contributed by atoms with Gasteiger partial charge in [-0.2, -0.15) is 5.10 Å². The topological polar surface area (TPSA) is 50.9 Å². The molecule has 0 spiro atoms. The van der Waals surface area contributed by atoms with E-state index in [4.69, 9.17) is 0 Å². The highest BCUT2D eigenvalue weighted by atomic mass is 16.3. The SMILES string of the molecule is CCn1ncnc1CC(O)c1c(C)cccc1C. The molecule has 0 saturated heterocycles. The van der Waals surface area contributed by atoms with Gasteiger partial charge in [0.05, 0.1) is 6.10 Å². The van der Waals surface area contributed by atoms with E-state index in [-0.39, 0.29) is 0 Å². The van der Waals surface area contributed by atoms with Gasteiger partial charge in [-0.3, -0.25) is 4.68 Å². The first-order chi connectivity index (χ1) is 8.63. The van der Waals surface area contributed by atoms with Gasteiger partial charge in [-0.1, -0.05) is 18.2 Å². The third-order valence-electron chi connectivity index (χ3n) is 3.25. The molecule has 2 aromatic rings. The second kappa shape index (κ2) is 5.31. The second-order valence-corrected chi connectivity index (χ2v) is 4.52. The third kappa shape index (κ3) is 2.43. The molecule has 18 heavy (non-hydrogen) atoms. The summed E-state index contributed by atoms with van der Waals surface area (Å²) in [6.07, 6.45) is 1.51. The van der Waals surface area contributed by atoms with Gasteiger partial charge in [0.15, 0.2) is 0 Å². The Labute approximate surface area is 107 Å². The van der Waals surface area contributed by atoms with Crippen molar-refractivity contribution < 1.29 is 5.11 Å². The van der Waals surface area contributed by atoms with Gasteiger partial charge in [0.25, 0.3) is 0 Å². The number of nitrogens with zero attached hydrogens (tertiary/aromatic N) is 3. The normalized spacial score (nSPS) is 12.7. The largest absolute Gasteiger partial charge is 0.388 e. The van der Waals surface area contributed by atoms with Crippen LogP contribution in [-0.4, -0.2) is 19.9 Å². The van der Waals surface area contributed by atoms with Crippen molar-refractivity contribution in [1.29, 1.82) is 0 Å². The first-order valence-corrected chi connectivity index (χ1v) is 6.24. The smallest absolute Gasteiger partial charge is 0.138 e. The maximum Gasteiger partial charge on any atom is 0.138 e. The zero-order chi connectivity index (χ0) is 13.1. The lowest BCUT2D eigenvalue weighted by atomic mass is 9.96. The molecule has 0 radical (unpaired) electrons. The molecule has 1 N–H and O–H groups in total. The molecule has 0 aliphatic heterocycles. The van der Waals surface area contributed by atoms with Crippen LogP contribution >= 0.6 is 0 Å². The van der Waals surface area contributed by atoms with Crippen molar-refractivity contribution in [2.45, 2.75) is 39.8 Å². The van der Waals surface area contributed by atoms with Crippen LogP contribution in [-0.2, 0) is 13.0 Å². The zero-order valence-electron chi connectivity index (χ0n) is 11.1. The zero-order valence-corrected chi connectivity index (χ0v) is 11.1. The molecule has 4 heteroatoms. The highest BCUT2D eigenvalue weighted by molar-refractivity contribution is 5.35. The molecule has 1 atom stereocenters. The maximum absolute atomic E-state index is 10.4. The Balaban J connectivity index is 2.25. The summed E-state index contributed by atoms with van der Waals surface area (Å²) in [5, 5.41) is 14.5. The van der Waals surface area contributed by atoms with Crippen LogP contribution in [0.25, 0.3) is 0 Å². The van der Waals surface area contributed by atoms with E-state index in [0.717, 1.165) is 29.1 Å². The molecule has 1 heterocycles. The lowest BCUT2D eigenvalue weighted by Gasteiger charge is -2.16. The molecule has 96 valence electrons. The predicted octanol–water partition coefficient (Wildman–Crippen LogP) is 2.19. The van der Waals surface area contributed by atoms with E-state index in [9.17, 15) is 5.11 Å². The molecular weight excluding hydrogens is 226 g/mol. The van der Waals surface area contributed by atoms with Gasteiger partial charge in [0, 0.05) is 13.0 Å². The second-order valence-electron chi connectivity index (χ2n) is 4.52. The summed E-state index contributed by atoms with van der Waals surface area (Å²) in [5.41, 5.74) is 3.23. The van der Waals surface area contributed by atoms with Crippen molar-refractivity contribution in [2.75, 3.05) is 0 Å². The van der Waals surface area contributed by atoms with E-state index < -0.39 is 6.10 Å². The van der Waals surface area contributed by atoms with Gasteiger partial charge in [-0.25, -0.2) is 4.98 Å². The van der Waals surface area contributed by atoms with E-state index in [1.165, 1.54) is 6.33 Å². The van der Waals surface area contributed by atoms with Gasteiger partial charge >= 0.3 is 0 Å². The fourth-order valence-electron chi connectivity index (χ4n) is 2.34. The molecule has 1 unspecified atom stereocenters. The Morgan fingerprint density at radius 1 is 1.28 bits per heavy atom. The van der Waals surface area contributed by atoms with E-state index in [1.54, 1.807) is 0 Å². The van der Waals surface area contributed by atoms with Crippen LogP contribution < -0.4 is 0 Å². The Bertz CT molecular complexity index is 513. The van der Waals surface area contributed by atoms with E-state index in [1.807, 2.05) is 43.7 Å². The van der Waals surface area contributed by atoms with Crippen LogP contribution in [0.2, 0.25) is 0 Å². The molecule has 0 amide bonds. The lowest BCUT2D eigenvalue weighted by molar-refractivity contribution is 0.172. The fourth-order valence-corrected chi connectivity index (χ4v) is 2.34. The van der Waals surface area contributed by atoms with Crippen molar-refractivity contribution in [3.8, 4) is 0 Å². The summed E-state index contributed by atoms with van der Waals surface area (Å²) in [5.74, 6) is 0.827. The Morgan fingerprint density at radius 2 is 1.94 bits per heavy atom.